The Morgan fingerprint density at radius 3 is 2.38 bits per heavy atom. The number of ether oxygens (including phenoxy) is 2. The van der Waals surface area contributed by atoms with E-state index < -0.39 is 29.1 Å². The third kappa shape index (κ3) is 4.69. The second-order valence-electron chi connectivity index (χ2n) is 5.52. The van der Waals surface area contributed by atoms with E-state index in [0.717, 1.165) is 0 Å². The van der Waals surface area contributed by atoms with Gasteiger partial charge in [-0.2, -0.15) is 0 Å². The maximum absolute atomic E-state index is 14.1. The Kier molecular flexibility index (Phi) is 5.77. The summed E-state index contributed by atoms with van der Waals surface area (Å²) < 4.78 is 37.9. The number of carbonyl (C=O) groups is 1. The molecule has 0 aliphatic heterocycles. The lowest BCUT2D eigenvalue weighted by molar-refractivity contribution is 0.0283. The topological polar surface area (TPSA) is 38.8 Å². The van der Waals surface area contributed by atoms with E-state index in [1.54, 1.807) is 43.4 Å². The van der Waals surface area contributed by atoms with Gasteiger partial charge in [-0.05, 0) is 49.4 Å². The second kappa shape index (κ2) is 6.76. The first-order valence-corrected chi connectivity index (χ1v) is 7.29. The molecular weight excluding hydrogens is 395 g/mol. The van der Waals surface area contributed by atoms with Gasteiger partial charge in [0.1, 0.15) is 5.60 Å². The van der Waals surface area contributed by atoms with Crippen LogP contribution >= 0.6 is 22.6 Å². The molecule has 0 N–H and O–H groups in total. The first-order valence-electron chi connectivity index (χ1n) is 6.21. The minimum atomic E-state index is -0.814. The summed E-state index contributed by atoms with van der Waals surface area (Å²) in [5.41, 5.74) is -0.482. The number of halogens is 3. The lowest BCUT2D eigenvalue weighted by Gasteiger charge is -2.25. The highest BCUT2D eigenvalue weighted by atomic mass is 127. The molecule has 1 aromatic carbocycles. The van der Waals surface area contributed by atoms with Gasteiger partial charge in [-0.15, -0.1) is 0 Å². The average Bonchev–Trinajstić information content (AvgIpc) is 2.34. The zero-order chi connectivity index (χ0) is 16.4. The van der Waals surface area contributed by atoms with Gasteiger partial charge < -0.3 is 14.4 Å². The number of methoxy groups -OCH3 is 1. The highest BCUT2D eigenvalue weighted by Crippen LogP contribution is 2.29. The number of nitrogens with zero attached hydrogens (tertiary/aromatic N) is 1. The number of amides is 1. The Bertz CT molecular complexity index is 544. The zero-order valence-corrected chi connectivity index (χ0v) is 14.7. The molecule has 0 bridgehead atoms. The Hall–Kier alpha value is -1.12. The molecule has 0 aliphatic rings. The van der Waals surface area contributed by atoms with E-state index in [9.17, 15) is 13.6 Å². The van der Waals surface area contributed by atoms with Gasteiger partial charge in [-0.3, -0.25) is 0 Å². The standard InChI is InChI=1S/C14H18F2INO3/c1-14(2,3)21-13(19)18(4)7-8-6-9(17)11(16)12(20-5)10(8)15/h6H,7H2,1-5H3. The van der Waals surface area contributed by atoms with Crippen LogP contribution in [0.1, 0.15) is 26.3 Å². The maximum atomic E-state index is 14.1. The van der Waals surface area contributed by atoms with E-state index >= 15 is 0 Å². The molecule has 0 saturated carbocycles. The molecule has 21 heavy (non-hydrogen) atoms. The fraction of sp³-hybridized carbons (Fsp3) is 0.500. The van der Waals surface area contributed by atoms with Crippen molar-refractivity contribution in [3.63, 3.8) is 0 Å². The third-order valence-electron chi connectivity index (χ3n) is 2.51. The quantitative estimate of drug-likeness (QED) is 0.557. The van der Waals surface area contributed by atoms with E-state index in [1.165, 1.54) is 25.1 Å². The Morgan fingerprint density at radius 1 is 1.33 bits per heavy atom. The van der Waals surface area contributed by atoms with E-state index in [-0.39, 0.29) is 15.7 Å². The highest BCUT2D eigenvalue weighted by Gasteiger charge is 2.23. The van der Waals surface area contributed by atoms with Crippen molar-refractivity contribution in [3.8, 4) is 5.75 Å². The Labute approximate surface area is 136 Å². The van der Waals surface area contributed by atoms with Crippen molar-refractivity contribution in [2.24, 2.45) is 0 Å². The maximum Gasteiger partial charge on any atom is 0.410 e. The van der Waals surface area contributed by atoms with Crippen LogP contribution in [0.15, 0.2) is 6.07 Å². The van der Waals surface area contributed by atoms with Crippen LogP contribution in [0.25, 0.3) is 0 Å². The molecule has 0 fully saturated rings. The van der Waals surface area contributed by atoms with Crippen molar-refractivity contribution in [1.29, 1.82) is 0 Å². The van der Waals surface area contributed by atoms with Crippen molar-refractivity contribution in [1.82, 2.24) is 4.90 Å². The monoisotopic (exact) mass is 413 g/mol. The number of rotatable bonds is 3. The molecule has 0 unspecified atom stereocenters. The summed E-state index contributed by atoms with van der Waals surface area (Å²) in [6.07, 6.45) is -0.583. The molecule has 0 aromatic heterocycles. The zero-order valence-electron chi connectivity index (χ0n) is 12.6. The summed E-state index contributed by atoms with van der Waals surface area (Å²) in [4.78, 5) is 13.1. The molecule has 0 heterocycles. The molecule has 4 nitrogen and oxygen atoms in total. The van der Waals surface area contributed by atoms with Gasteiger partial charge in [0.25, 0.3) is 0 Å². The molecule has 0 radical (unpaired) electrons. The molecule has 118 valence electrons. The molecule has 0 saturated heterocycles. The van der Waals surface area contributed by atoms with E-state index in [0.29, 0.717) is 0 Å². The summed E-state index contributed by atoms with van der Waals surface area (Å²) in [7, 11) is 2.68. The number of hydrogen-bond acceptors (Lipinski definition) is 3. The van der Waals surface area contributed by atoms with Crippen molar-refractivity contribution < 1.29 is 23.0 Å². The summed E-state index contributed by atoms with van der Waals surface area (Å²) in [6.45, 7) is 5.17. The van der Waals surface area contributed by atoms with E-state index in [2.05, 4.69) is 0 Å². The van der Waals surface area contributed by atoms with Crippen molar-refractivity contribution in [2.75, 3.05) is 14.2 Å². The second-order valence-corrected chi connectivity index (χ2v) is 6.68. The highest BCUT2D eigenvalue weighted by molar-refractivity contribution is 14.1. The Morgan fingerprint density at radius 2 is 1.90 bits per heavy atom. The average molecular weight is 413 g/mol. The van der Waals surface area contributed by atoms with Crippen LogP contribution in [0.4, 0.5) is 13.6 Å². The van der Waals surface area contributed by atoms with Crippen molar-refractivity contribution in [3.05, 3.63) is 26.8 Å². The van der Waals surface area contributed by atoms with Crippen LogP contribution in [0.2, 0.25) is 0 Å². The van der Waals surface area contributed by atoms with E-state index in [1.807, 2.05) is 0 Å². The molecule has 0 spiro atoms. The van der Waals surface area contributed by atoms with Crippen LogP contribution in [0.5, 0.6) is 5.75 Å². The normalized spacial score (nSPS) is 11.2. The largest absolute Gasteiger partial charge is 0.491 e. The predicted octanol–water partition coefficient (Wildman–Crippen LogP) is 3.94. The molecule has 1 amide bonds. The van der Waals surface area contributed by atoms with Gasteiger partial charge in [0.2, 0.25) is 0 Å². The third-order valence-corrected chi connectivity index (χ3v) is 3.29. The van der Waals surface area contributed by atoms with Gasteiger partial charge >= 0.3 is 6.09 Å². The molecule has 0 atom stereocenters. The van der Waals surface area contributed by atoms with Crippen LogP contribution in [0, 0.1) is 15.2 Å². The summed E-state index contributed by atoms with van der Waals surface area (Å²) >= 11 is 1.75. The number of carbonyl (C=O) groups excluding carboxylic acids is 1. The summed E-state index contributed by atoms with van der Waals surface area (Å²) in [5.74, 6) is -2.01. The fourth-order valence-corrected chi connectivity index (χ4v) is 2.21. The van der Waals surface area contributed by atoms with Crippen molar-refractivity contribution >= 4 is 28.7 Å². The van der Waals surface area contributed by atoms with Gasteiger partial charge in [0.05, 0.1) is 17.2 Å². The molecule has 1 aromatic rings. The molecule has 0 aliphatic carbocycles. The number of hydrogen-bond donors (Lipinski definition) is 0. The predicted molar refractivity (Wildman–Crippen MR) is 83.3 cm³/mol. The SMILES string of the molecule is COc1c(F)c(I)cc(CN(C)C(=O)OC(C)(C)C)c1F. The lowest BCUT2D eigenvalue weighted by atomic mass is 10.2. The van der Waals surface area contributed by atoms with Crippen LogP contribution in [-0.2, 0) is 11.3 Å². The van der Waals surface area contributed by atoms with E-state index in [4.69, 9.17) is 9.47 Å². The first-order chi connectivity index (χ1) is 9.56. The van der Waals surface area contributed by atoms with Gasteiger partial charge in [0, 0.05) is 12.6 Å². The van der Waals surface area contributed by atoms with Gasteiger partial charge in [-0.1, -0.05) is 0 Å². The van der Waals surface area contributed by atoms with Gasteiger partial charge in [-0.25, -0.2) is 13.6 Å². The summed E-state index contributed by atoms with van der Waals surface area (Å²) in [6, 6.07) is 1.34. The summed E-state index contributed by atoms with van der Waals surface area (Å²) in [5, 5.41) is 0. The first kappa shape index (κ1) is 17.9. The van der Waals surface area contributed by atoms with Crippen LogP contribution in [0.3, 0.4) is 0 Å². The number of benzene rings is 1. The van der Waals surface area contributed by atoms with Crippen molar-refractivity contribution in [2.45, 2.75) is 32.9 Å². The minimum absolute atomic E-state index is 0.0482. The fourth-order valence-electron chi connectivity index (χ4n) is 1.58. The van der Waals surface area contributed by atoms with Crippen LogP contribution < -0.4 is 4.74 Å². The minimum Gasteiger partial charge on any atom is -0.491 e. The smallest absolute Gasteiger partial charge is 0.410 e. The molecule has 1 rings (SSSR count). The molecular formula is C14H18F2INO3. The lowest BCUT2D eigenvalue weighted by Crippen LogP contribution is -2.34. The molecule has 7 heteroatoms. The Balaban J connectivity index is 2.98. The van der Waals surface area contributed by atoms with Crippen LogP contribution in [-0.4, -0.2) is 30.8 Å². The van der Waals surface area contributed by atoms with Gasteiger partial charge in [0.15, 0.2) is 17.4 Å².